The van der Waals surface area contributed by atoms with E-state index in [2.05, 4.69) is 15.3 Å². The van der Waals surface area contributed by atoms with Crippen molar-refractivity contribution in [3.63, 3.8) is 0 Å². The largest absolute Gasteiger partial charge is 0.234 e. The van der Waals surface area contributed by atoms with Crippen LogP contribution in [-0.2, 0) is 0 Å². The zero-order valence-corrected chi connectivity index (χ0v) is 6.68. The van der Waals surface area contributed by atoms with Crippen molar-refractivity contribution in [3.05, 3.63) is 36.3 Å². The van der Waals surface area contributed by atoms with Gasteiger partial charge < -0.3 is 0 Å². The summed E-state index contributed by atoms with van der Waals surface area (Å²) in [5, 5.41) is 7.53. The maximum atomic E-state index is 4.28. The molecule has 0 saturated heterocycles. The molecule has 0 radical (unpaired) electrons. The molecule has 0 atom stereocenters. The molecule has 0 aliphatic heterocycles. The smallest absolute Gasteiger partial charge is 0.155 e. The average molecular weight is 160 g/mol. The summed E-state index contributed by atoms with van der Waals surface area (Å²) in [5.74, 6) is 0.799. The lowest BCUT2D eigenvalue weighted by Crippen LogP contribution is -1.98. The quantitative estimate of drug-likeness (QED) is 0.624. The van der Waals surface area contributed by atoms with E-state index in [0.29, 0.717) is 0 Å². The summed E-state index contributed by atoms with van der Waals surface area (Å²) in [6.45, 7) is 1.94. The van der Waals surface area contributed by atoms with Crippen molar-refractivity contribution in [2.45, 2.75) is 6.92 Å². The Morgan fingerprint density at radius 1 is 1.33 bits per heavy atom. The molecule has 4 nitrogen and oxygen atoms in total. The van der Waals surface area contributed by atoms with Crippen molar-refractivity contribution in [2.24, 2.45) is 0 Å². The Bertz CT molecular complexity index is 366. The van der Waals surface area contributed by atoms with Crippen LogP contribution in [0.25, 0.3) is 5.82 Å². The zero-order valence-electron chi connectivity index (χ0n) is 6.68. The van der Waals surface area contributed by atoms with Crippen LogP contribution in [0.3, 0.4) is 0 Å². The Kier molecular flexibility index (Phi) is 1.59. The average Bonchev–Trinajstić information content (AvgIpc) is 2.56. The second-order valence-corrected chi connectivity index (χ2v) is 2.48. The molecule has 0 bridgehead atoms. The fourth-order valence-corrected chi connectivity index (χ4v) is 0.987. The Hall–Kier alpha value is -1.71. The van der Waals surface area contributed by atoms with E-state index in [1.807, 2.05) is 25.1 Å². The van der Waals surface area contributed by atoms with E-state index in [0.717, 1.165) is 11.5 Å². The second kappa shape index (κ2) is 2.73. The summed E-state index contributed by atoms with van der Waals surface area (Å²) >= 11 is 0. The third-order valence-electron chi connectivity index (χ3n) is 1.53. The Labute approximate surface area is 69.9 Å². The number of rotatable bonds is 1. The number of nitrogens with zero attached hydrogens (tertiary/aromatic N) is 4. The van der Waals surface area contributed by atoms with Crippen molar-refractivity contribution in [1.82, 2.24) is 20.0 Å². The highest BCUT2D eigenvalue weighted by Gasteiger charge is 1.96. The van der Waals surface area contributed by atoms with E-state index in [-0.39, 0.29) is 0 Å². The summed E-state index contributed by atoms with van der Waals surface area (Å²) in [7, 11) is 0. The minimum atomic E-state index is 0.799. The third kappa shape index (κ3) is 1.18. The van der Waals surface area contributed by atoms with Gasteiger partial charge >= 0.3 is 0 Å². The zero-order chi connectivity index (χ0) is 8.39. The van der Waals surface area contributed by atoms with Gasteiger partial charge in [0.25, 0.3) is 0 Å². The van der Waals surface area contributed by atoms with Crippen LogP contribution >= 0.6 is 0 Å². The molecule has 2 heterocycles. The van der Waals surface area contributed by atoms with Gasteiger partial charge in [-0.2, -0.15) is 0 Å². The minimum Gasteiger partial charge on any atom is -0.234 e. The monoisotopic (exact) mass is 160 g/mol. The molecule has 0 unspecified atom stereocenters. The lowest BCUT2D eigenvalue weighted by atomic mass is 10.4. The maximum Gasteiger partial charge on any atom is 0.155 e. The topological polar surface area (TPSA) is 43.6 Å². The van der Waals surface area contributed by atoms with Gasteiger partial charge in [-0.1, -0.05) is 11.3 Å². The molecule has 0 saturated carbocycles. The van der Waals surface area contributed by atoms with Gasteiger partial charge in [-0.05, 0) is 19.1 Å². The molecule has 4 heteroatoms. The van der Waals surface area contributed by atoms with Gasteiger partial charge in [-0.25, -0.2) is 9.67 Å². The van der Waals surface area contributed by atoms with Gasteiger partial charge in [0, 0.05) is 5.69 Å². The lowest BCUT2D eigenvalue weighted by molar-refractivity contribution is 0.778. The summed E-state index contributed by atoms with van der Waals surface area (Å²) < 4.78 is 1.63. The number of hydrogen-bond donors (Lipinski definition) is 0. The highest BCUT2D eigenvalue weighted by atomic mass is 15.4. The van der Waals surface area contributed by atoms with Gasteiger partial charge in [0.05, 0.1) is 12.4 Å². The van der Waals surface area contributed by atoms with Crippen LogP contribution < -0.4 is 0 Å². The molecule has 0 aliphatic carbocycles. The molecule has 0 aromatic carbocycles. The highest BCUT2D eigenvalue weighted by molar-refractivity contribution is 5.22. The van der Waals surface area contributed by atoms with E-state index < -0.39 is 0 Å². The van der Waals surface area contributed by atoms with Gasteiger partial charge in [0.1, 0.15) is 0 Å². The van der Waals surface area contributed by atoms with Crippen molar-refractivity contribution in [3.8, 4) is 5.82 Å². The first-order valence-corrected chi connectivity index (χ1v) is 3.66. The molecule has 2 aromatic rings. The predicted molar refractivity (Wildman–Crippen MR) is 43.9 cm³/mol. The Balaban J connectivity index is 2.48. The highest BCUT2D eigenvalue weighted by Crippen LogP contribution is 2.01. The van der Waals surface area contributed by atoms with Crippen molar-refractivity contribution >= 4 is 0 Å². The fraction of sp³-hybridized carbons (Fsp3) is 0.125. The van der Waals surface area contributed by atoms with Gasteiger partial charge in [-0.15, -0.1) is 5.10 Å². The molecule has 0 fully saturated rings. The van der Waals surface area contributed by atoms with Gasteiger partial charge in [0.2, 0.25) is 0 Å². The summed E-state index contributed by atoms with van der Waals surface area (Å²) in [6, 6.07) is 5.78. The van der Waals surface area contributed by atoms with E-state index in [4.69, 9.17) is 0 Å². The Morgan fingerprint density at radius 2 is 2.25 bits per heavy atom. The van der Waals surface area contributed by atoms with E-state index in [1.54, 1.807) is 17.1 Å². The normalized spacial score (nSPS) is 10.1. The third-order valence-corrected chi connectivity index (χ3v) is 1.53. The van der Waals surface area contributed by atoms with Crippen LogP contribution in [0, 0.1) is 6.92 Å². The van der Waals surface area contributed by atoms with E-state index >= 15 is 0 Å². The van der Waals surface area contributed by atoms with Crippen molar-refractivity contribution in [2.75, 3.05) is 0 Å². The van der Waals surface area contributed by atoms with Crippen LogP contribution in [0.15, 0.2) is 30.6 Å². The molecule has 0 N–H and O–H groups in total. The van der Waals surface area contributed by atoms with Gasteiger partial charge in [0.15, 0.2) is 5.82 Å². The maximum absolute atomic E-state index is 4.28. The molecular formula is C8H8N4. The molecular weight excluding hydrogens is 152 g/mol. The molecule has 60 valence electrons. The molecule has 12 heavy (non-hydrogen) atoms. The van der Waals surface area contributed by atoms with Crippen LogP contribution in [0.2, 0.25) is 0 Å². The van der Waals surface area contributed by atoms with Crippen LogP contribution in [0.5, 0.6) is 0 Å². The standard InChI is InChI=1S/C8H8N4/c1-7-3-2-4-8(10-7)12-6-5-9-11-12/h2-6H,1H3. The summed E-state index contributed by atoms with van der Waals surface area (Å²) in [5.41, 5.74) is 0.975. The van der Waals surface area contributed by atoms with Crippen LogP contribution in [0.1, 0.15) is 5.69 Å². The predicted octanol–water partition coefficient (Wildman–Crippen LogP) is 0.971. The van der Waals surface area contributed by atoms with Gasteiger partial charge in [-0.3, -0.25) is 0 Å². The number of pyridine rings is 1. The number of aryl methyl sites for hydroxylation is 1. The number of aromatic nitrogens is 4. The first-order valence-electron chi connectivity index (χ1n) is 3.66. The molecule has 0 amide bonds. The Morgan fingerprint density at radius 3 is 2.92 bits per heavy atom. The van der Waals surface area contributed by atoms with Crippen LogP contribution in [-0.4, -0.2) is 20.0 Å². The number of hydrogen-bond acceptors (Lipinski definition) is 3. The first kappa shape index (κ1) is 6.97. The summed E-state index contributed by atoms with van der Waals surface area (Å²) in [4.78, 5) is 4.28. The van der Waals surface area contributed by atoms with Crippen LogP contribution in [0.4, 0.5) is 0 Å². The van der Waals surface area contributed by atoms with E-state index in [9.17, 15) is 0 Å². The van der Waals surface area contributed by atoms with Crippen molar-refractivity contribution < 1.29 is 0 Å². The first-order chi connectivity index (χ1) is 5.86. The lowest BCUT2D eigenvalue weighted by Gasteiger charge is -1.98. The fourth-order valence-electron chi connectivity index (χ4n) is 0.987. The molecule has 2 rings (SSSR count). The molecule has 2 aromatic heterocycles. The SMILES string of the molecule is Cc1cccc(-n2ccnn2)n1. The molecule has 0 spiro atoms. The van der Waals surface area contributed by atoms with E-state index in [1.165, 1.54) is 0 Å². The second-order valence-electron chi connectivity index (χ2n) is 2.48. The summed E-state index contributed by atoms with van der Waals surface area (Å²) in [6.07, 6.45) is 3.39. The minimum absolute atomic E-state index is 0.799. The molecule has 0 aliphatic rings. The van der Waals surface area contributed by atoms with Crippen molar-refractivity contribution in [1.29, 1.82) is 0 Å².